The van der Waals surface area contributed by atoms with Crippen LogP contribution in [0.2, 0.25) is 0 Å². The third-order valence-electron chi connectivity index (χ3n) is 5.26. The first-order chi connectivity index (χ1) is 14.3. The first-order valence-corrected chi connectivity index (χ1v) is 10.9. The minimum atomic E-state index is 0.240. The molecule has 150 valence electrons. The number of anilines is 2. The number of benzene rings is 1. The molecule has 0 saturated carbocycles. The normalized spacial score (nSPS) is 15.8. The third-order valence-corrected chi connectivity index (χ3v) is 6.14. The van der Waals surface area contributed by atoms with Gasteiger partial charge in [-0.3, -0.25) is 0 Å². The van der Waals surface area contributed by atoms with Crippen molar-refractivity contribution in [2.45, 2.75) is 18.8 Å². The van der Waals surface area contributed by atoms with Crippen LogP contribution in [0.15, 0.2) is 54.9 Å². The molecule has 2 aromatic heterocycles. The van der Waals surface area contributed by atoms with E-state index in [0.29, 0.717) is 5.92 Å². The first kappa shape index (κ1) is 19.8. The Labute approximate surface area is 175 Å². The van der Waals surface area contributed by atoms with Crippen LogP contribution in [0.5, 0.6) is 0 Å². The van der Waals surface area contributed by atoms with Gasteiger partial charge in [0.25, 0.3) is 0 Å². The Morgan fingerprint density at radius 1 is 1.10 bits per heavy atom. The summed E-state index contributed by atoms with van der Waals surface area (Å²) in [5, 5.41) is 13.3. The maximum Gasteiger partial charge on any atom is 0.188 e. The lowest BCUT2D eigenvalue weighted by molar-refractivity contribution is 0.164. The number of piperidine rings is 1. The van der Waals surface area contributed by atoms with Crippen LogP contribution < -0.4 is 5.32 Å². The molecule has 2 N–H and O–H groups in total. The second-order valence-electron chi connectivity index (χ2n) is 7.25. The number of rotatable bonds is 7. The first-order valence-electron chi connectivity index (χ1n) is 10.1. The van der Waals surface area contributed by atoms with Crippen molar-refractivity contribution in [3.63, 3.8) is 0 Å². The molecule has 5 nitrogen and oxygen atoms in total. The van der Waals surface area contributed by atoms with Gasteiger partial charge in [-0.2, -0.15) is 0 Å². The number of nitrogens with one attached hydrogen (secondary N) is 1. The van der Waals surface area contributed by atoms with Crippen molar-refractivity contribution in [1.82, 2.24) is 14.9 Å². The molecule has 0 radical (unpaired) electrons. The summed E-state index contributed by atoms with van der Waals surface area (Å²) < 4.78 is 0. The van der Waals surface area contributed by atoms with Crippen LogP contribution >= 0.6 is 11.3 Å². The van der Waals surface area contributed by atoms with Crippen LogP contribution in [0.3, 0.4) is 0 Å². The summed E-state index contributed by atoms with van der Waals surface area (Å²) in [6.45, 7) is 3.10. The van der Waals surface area contributed by atoms with Crippen molar-refractivity contribution in [2.75, 3.05) is 31.6 Å². The fourth-order valence-corrected chi connectivity index (χ4v) is 4.40. The Morgan fingerprint density at radius 3 is 2.72 bits per heavy atom. The minimum Gasteiger partial charge on any atom is -0.395 e. The molecule has 0 aliphatic carbocycles. The highest BCUT2D eigenvalue weighted by molar-refractivity contribution is 7.16. The van der Waals surface area contributed by atoms with Gasteiger partial charge in [-0.1, -0.05) is 47.7 Å². The maximum absolute atomic E-state index is 9.10. The summed E-state index contributed by atoms with van der Waals surface area (Å²) >= 11 is 1.61. The number of nitrogens with zero attached hydrogens (tertiary/aromatic N) is 3. The summed E-state index contributed by atoms with van der Waals surface area (Å²) in [6, 6.07) is 14.5. The predicted octanol–water partition coefficient (Wildman–Crippen LogP) is 4.62. The van der Waals surface area contributed by atoms with Gasteiger partial charge in [0.1, 0.15) is 5.82 Å². The zero-order chi connectivity index (χ0) is 19.9. The van der Waals surface area contributed by atoms with E-state index in [9.17, 15) is 0 Å². The van der Waals surface area contributed by atoms with E-state index in [1.165, 1.54) is 11.1 Å². The molecule has 29 heavy (non-hydrogen) atoms. The molecular weight excluding hydrogens is 380 g/mol. The lowest BCUT2D eigenvalue weighted by Crippen LogP contribution is -2.34. The van der Waals surface area contributed by atoms with E-state index in [4.69, 9.17) is 5.11 Å². The lowest BCUT2D eigenvalue weighted by atomic mass is 9.90. The van der Waals surface area contributed by atoms with Gasteiger partial charge in [0, 0.05) is 23.8 Å². The molecule has 4 rings (SSSR count). The predicted molar refractivity (Wildman–Crippen MR) is 121 cm³/mol. The maximum atomic E-state index is 9.10. The fraction of sp³-hybridized carbons (Fsp3) is 0.304. The molecule has 1 saturated heterocycles. The van der Waals surface area contributed by atoms with Crippen LogP contribution in [0.25, 0.3) is 12.2 Å². The standard InChI is InChI=1S/C23H26N4OS/c28-15-14-27-12-9-19(10-13-27)20-8-11-24-22(16-20)26-23-25-17-21(29-23)7-6-18-4-2-1-3-5-18/h1-8,11,16-17,19,28H,9-10,12-15H2,(H,24,25,26)/b7-6+. The monoisotopic (exact) mass is 406 g/mol. The number of hydrogen-bond acceptors (Lipinski definition) is 6. The number of aliphatic hydroxyl groups is 1. The highest BCUT2D eigenvalue weighted by atomic mass is 32.1. The van der Waals surface area contributed by atoms with Gasteiger partial charge in [0.15, 0.2) is 5.13 Å². The molecule has 1 aliphatic rings. The topological polar surface area (TPSA) is 61.3 Å². The molecule has 1 aliphatic heterocycles. The summed E-state index contributed by atoms with van der Waals surface area (Å²) in [6.07, 6.45) is 10.2. The largest absolute Gasteiger partial charge is 0.395 e. The highest BCUT2D eigenvalue weighted by Crippen LogP contribution is 2.30. The fourth-order valence-electron chi connectivity index (χ4n) is 3.67. The van der Waals surface area contributed by atoms with Gasteiger partial charge in [0.05, 0.1) is 6.61 Å². The Bertz CT molecular complexity index is 933. The number of pyridine rings is 1. The zero-order valence-corrected chi connectivity index (χ0v) is 17.2. The van der Waals surface area contributed by atoms with Gasteiger partial charge in [0.2, 0.25) is 0 Å². The van der Waals surface area contributed by atoms with E-state index in [-0.39, 0.29) is 6.61 Å². The Balaban J connectivity index is 1.37. The molecule has 6 heteroatoms. The smallest absolute Gasteiger partial charge is 0.188 e. The molecule has 1 aromatic carbocycles. The van der Waals surface area contributed by atoms with Crippen LogP contribution in [0, 0.1) is 0 Å². The average Bonchev–Trinajstić information content (AvgIpc) is 3.21. The number of aromatic nitrogens is 2. The van der Waals surface area contributed by atoms with Gasteiger partial charge in [-0.25, -0.2) is 9.97 Å². The second kappa shape index (κ2) is 9.78. The molecule has 0 spiro atoms. The molecular formula is C23H26N4OS. The number of thiazole rings is 1. The van der Waals surface area contributed by atoms with Crippen molar-refractivity contribution in [1.29, 1.82) is 0 Å². The van der Waals surface area contributed by atoms with E-state index in [2.05, 4.69) is 56.6 Å². The third kappa shape index (κ3) is 5.50. The number of β-amino-alcohol motifs (C(OH)–C–C–N with tert-alkyl or cyclic N) is 1. The van der Waals surface area contributed by atoms with Crippen LogP contribution in [0.4, 0.5) is 10.9 Å². The second-order valence-corrected chi connectivity index (χ2v) is 8.31. The molecule has 0 unspecified atom stereocenters. The Kier molecular flexibility index (Phi) is 6.67. The van der Waals surface area contributed by atoms with E-state index >= 15 is 0 Å². The van der Waals surface area contributed by atoms with Crippen LogP contribution in [-0.4, -0.2) is 46.2 Å². The molecule has 3 aromatic rings. The van der Waals surface area contributed by atoms with Gasteiger partial charge >= 0.3 is 0 Å². The minimum absolute atomic E-state index is 0.240. The zero-order valence-electron chi connectivity index (χ0n) is 16.4. The van der Waals surface area contributed by atoms with Crippen molar-refractivity contribution in [3.8, 4) is 0 Å². The van der Waals surface area contributed by atoms with Gasteiger partial charge < -0.3 is 15.3 Å². The quantitative estimate of drug-likeness (QED) is 0.599. The number of aliphatic hydroxyl groups excluding tert-OH is 1. The molecule has 1 fully saturated rings. The summed E-state index contributed by atoms with van der Waals surface area (Å²) in [4.78, 5) is 12.4. The van der Waals surface area contributed by atoms with Crippen molar-refractivity contribution >= 4 is 34.4 Å². The van der Waals surface area contributed by atoms with E-state index in [1.807, 2.05) is 30.6 Å². The van der Waals surface area contributed by atoms with Crippen LogP contribution in [-0.2, 0) is 0 Å². The Morgan fingerprint density at radius 2 is 1.93 bits per heavy atom. The average molecular weight is 407 g/mol. The summed E-state index contributed by atoms with van der Waals surface area (Å²) in [7, 11) is 0. The number of likely N-dealkylation sites (tertiary alicyclic amines) is 1. The van der Waals surface area contributed by atoms with Crippen molar-refractivity contribution in [3.05, 3.63) is 70.9 Å². The Hall–Kier alpha value is -2.54. The van der Waals surface area contributed by atoms with E-state index in [1.54, 1.807) is 11.3 Å². The molecule has 0 atom stereocenters. The van der Waals surface area contributed by atoms with Crippen molar-refractivity contribution in [2.24, 2.45) is 0 Å². The molecule has 0 amide bonds. The van der Waals surface area contributed by atoms with E-state index in [0.717, 1.165) is 48.3 Å². The van der Waals surface area contributed by atoms with Crippen molar-refractivity contribution < 1.29 is 5.11 Å². The summed E-state index contributed by atoms with van der Waals surface area (Å²) in [5.41, 5.74) is 2.50. The van der Waals surface area contributed by atoms with E-state index < -0.39 is 0 Å². The lowest BCUT2D eigenvalue weighted by Gasteiger charge is -2.31. The van der Waals surface area contributed by atoms with Gasteiger partial charge in [-0.05, 0) is 61.2 Å². The SMILES string of the molecule is OCCN1CCC(c2ccnc(Nc3ncc(/C=C/c4ccccc4)s3)c2)CC1. The number of hydrogen-bond donors (Lipinski definition) is 2. The summed E-state index contributed by atoms with van der Waals surface area (Å²) in [5.74, 6) is 1.39. The van der Waals surface area contributed by atoms with Crippen LogP contribution in [0.1, 0.15) is 34.8 Å². The highest BCUT2D eigenvalue weighted by Gasteiger charge is 2.20. The molecule has 0 bridgehead atoms. The van der Waals surface area contributed by atoms with Gasteiger partial charge in [-0.15, -0.1) is 0 Å². The molecule has 3 heterocycles.